The quantitative estimate of drug-likeness (QED) is 0.514. The van der Waals surface area contributed by atoms with Crippen molar-refractivity contribution in [2.24, 2.45) is 5.92 Å². The first-order valence-electron chi connectivity index (χ1n) is 11.6. The lowest BCUT2D eigenvalue weighted by Gasteiger charge is -2.43. The maximum absolute atomic E-state index is 13.9. The van der Waals surface area contributed by atoms with Gasteiger partial charge in [0, 0.05) is 49.7 Å². The third-order valence-electron chi connectivity index (χ3n) is 7.02. The number of ether oxygens (including phenoxy) is 1. The highest BCUT2D eigenvalue weighted by Crippen LogP contribution is 2.36. The Kier molecular flexibility index (Phi) is 6.26. The maximum Gasteiger partial charge on any atom is 0.341 e. The van der Waals surface area contributed by atoms with E-state index in [1.165, 1.54) is 7.11 Å². The van der Waals surface area contributed by atoms with Gasteiger partial charge in [0.25, 0.3) is 11.1 Å². The molecule has 2 bridgehead atoms. The highest BCUT2D eigenvalue weighted by atomic mass is 32.2. The number of carbonyl (C=O) groups is 2. The van der Waals surface area contributed by atoms with Gasteiger partial charge in [-0.2, -0.15) is 16.9 Å². The van der Waals surface area contributed by atoms with Crippen LogP contribution in [-0.4, -0.2) is 68.3 Å². The van der Waals surface area contributed by atoms with Gasteiger partial charge in [0.05, 0.1) is 12.7 Å². The van der Waals surface area contributed by atoms with E-state index in [1.807, 2.05) is 21.8 Å². The van der Waals surface area contributed by atoms with Crippen molar-refractivity contribution in [3.63, 3.8) is 0 Å². The van der Waals surface area contributed by atoms with Crippen molar-refractivity contribution in [2.45, 2.75) is 31.3 Å². The second-order valence-corrected chi connectivity index (χ2v) is 10.1. The van der Waals surface area contributed by atoms with E-state index >= 15 is 0 Å². The number of fused-ring (bicyclic) bond motifs is 5. The predicted octanol–water partition coefficient (Wildman–Crippen LogP) is 1.56. The van der Waals surface area contributed by atoms with Crippen molar-refractivity contribution in [1.29, 1.82) is 0 Å². The molecule has 0 spiro atoms. The molecule has 1 unspecified atom stereocenters. The lowest BCUT2D eigenvalue weighted by atomic mass is 9.83. The van der Waals surface area contributed by atoms with Crippen molar-refractivity contribution in [2.75, 3.05) is 32.2 Å². The molecular weight excluding hydrogens is 470 g/mol. The number of thioether (sulfide) groups is 1. The average Bonchev–Trinajstić information content (AvgIpc) is 3.24. The van der Waals surface area contributed by atoms with Crippen molar-refractivity contribution < 1.29 is 14.3 Å². The third-order valence-corrected chi connectivity index (χ3v) is 7.66. The molecule has 10 nitrogen and oxygen atoms in total. The molecule has 4 aliphatic rings. The molecule has 1 fully saturated rings. The van der Waals surface area contributed by atoms with E-state index in [0.29, 0.717) is 26.1 Å². The number of carbonyl (C=O) groups excluding carboxylic acids is 2. The first kappa shape index (κ1) is 23.4. The summed E-state index contributed by atoms with van der Waals surface area (Å²) in [7, 11) is 1.27. The zero-order chi connectivity index (χ0) is 24.7. The van der Waals surface area contributed by atoms with E-state index in [0.717, 1.165) is 17.9 Å². The molecule has 0 aromatic carbocycles. The Bertz CT molecular complexity index is 1360. The van der Waals surface area contributed by atoms with E-state index in [2.05, 4.69) is 10.2 Å². The van der Waals surface area contributed by atoms with Crippen LogP contribution in [0.25, 0.3) is 11.3 Å². The number of piperidine rings is 1. The highest BCUT2D eigenvalue weighted by molar-refractivity contribution is 7.98. The first-order chi connectivity index (χ1) is 16.9. The molecule has 1 saturated heterocycles. The number of nitrogens with zero attached hydrogens (tertiary/aromatic N) is 4. The summed E-state index contributed by atoms with van der Waals surface area (Å²) in [5.74, 6) is 0.343. The molecule has 1 amide bonds. The summed E-state index contributed by atoms with van der Waals surface area (Å²) in [5, 5.41) is 6.36. The fourth-order valence-corrected chi connectivity index (χ4v) is 5.87. The Hall–Kier alpha value is -3.34. The zero-order valence-electron chi connectivity index (χ0n) is 19.6. The third kappa shape index (κ3) is 4.18. The largest absolute Gasteiger partial charge is 0.465 e. The van der Waals surface area contributed by atoms with E-state index < -0.39 is 17.6 Å². The molecule has 184 valence electrons. The van der Waals surface area contributed by atoms with E-state index in [4.69, 9.17) is 4.74 Å². The van der Waals surface area contributed by atoms with Crippen molar-refractivity contribution in [3.8, 4) is 11.3 Å². The van der Waals surface area contributed by atoms with Gasteiger partial charge in [-0.1, -0.05) is 6.07 Å². The number of hydrogen-bond acceptors (Lipinski definition) is 7. The summed E-state index contributed by atoms with van der Waals surface area (Å²) >= 11 is 1.63. The van der Waals surface area contributed by atoms with Gasteiger partial charge in [-0.05, 0) is 36.8 Å². The summed E-state index contributed by atoms with van der Waals surface area (Å²) in [5.41, 5.74) is 1.15. The highest BCUT2D eigenvalue weighted by Gasteiger charge is 2.38. The molecular formula is C24H27N5O5S. The van der Waals surface area contributed by atoms with Crippen LogP contribution in [0.4, 0.5) is 0 Å². The number of likely N-dealkylation sites (tertiary alicyclic amines) is 1. The molecule has 1 N–H and O–H groups in total. The number of nitrogens with one attached hydrogen (secondary N) is 1. The van der Waals surface area contributed by atoms with Crippen LogP contribution in [-0.2, 0) is 16.1 Å². The summed E-state index contributed by atoms with van der Waals surface area (Å²) in [6, 6.07) is 4.74. The van der Waals surface area contributed by atoms with Crippen LogP contribution in [0, 0.1) is 5.92 Å². The number of rotatable bonds is 6. The maximum atomic E-state index is 13.9. The van der Waals surface area contributed by atoms with Crippen LogP contribution in [0.1, 0.15) is 40.9 Å². The zero-order valence-corrected chi connectivity index (χ0v) is 20.4. The molecule has 5 rings (SSSR count). The molecule has 0 aliphatic carbocycles. The van der Waals surface area contributed by atoms with Crippen LogP contribution in [0.3, 0.4) is 0 Å². The van der Waals surface area contributed by atoms with Gasteiger partial charge >= 0.3 is 5.97 Å². The Morgan fingerprint density at radius 1 is 1.23 bits per heavy atom. The number of H-pyrrole nitrogens is 1. The van der Waals surface area contributed by atoms with Crippen LogP contribution in [0.15, 0.2) is 40.2 Å². The summed E-state index contributed by atoms with van der Waals surface area (Å²) in [6.07, 6.45) is 6.60. The molecule has 5 heterocycles. The number of methoxy groups -OCH3 is 1. The van der Waals surface area contributed by atoms with Crippen LogP contribution >= 0.6 is 11.8 Å². The Balaban J connectivity index is 1.51. The van der Waals surface area contributed by atoms with Crippen molar-refractivity contribution in [1.82, 2.24) is 24.2 Å². The number of pyridine rings is 2. The summed E-state index contributed by atoms with van der Waals surface area (Å²) in [6.45, 7) is 1.70. The number of amides is 1. The molecule has 0 saturated carbocycles. The second kappa shape index (κ2) is 9.37. The average molecular weight is 498 g/mol. The van der Waals surface area contributed by atoms with Gasteiger partial charge in [0.1, 0.15) is 17.3 Å². The minimum Gasteiger partial charge on any atom is -0.465 e. The number of hydrogen-bond donors (Lipinski definition) is 1. The lowest BCUT2D eigenvalue weighted by Crippen LogP contribution is -2.50. The molecule has 1 aromatic heterocycles. The standard InChI is InChI=1S/C24H27N5O5S/c1-34-24(33)17-13-27(12-16-21(17)25-26-22(16)31)19(6-7-35-2)23(32)28-9-14-8-15(11-28)18-4-3-5-20(30)29(18)10-14/h3-5,12-15,19H,6-11H2,1-2H3,(H,26,31)/t14-,15+,19?/m1/s1. The van der Waals surface area contributed by atoms with E-state index in [9.17, 15) is 19.2 Å². The van der Waals surface area contributed by atoms with Gasteiger partial charge in [-0.3, -0.25) is 14.4 Å². The Labute approximate surface area is 205 Å². The minimum atomic E-state index is -0.624. The SMILES string of the molecule is COC(=O)c1cn(C(CCSC)C(=O)N2C[C@H]3C[C@@H](C2)c2cccc(=O)n2C3)cc2c(=O)[nH]nc1-2. The van der Waals surface area contributed by atoms with Gasteiger partial charge in [-0.25, -0.2) is 9.89 Å². The number of aromatic amines is 1. The predicted molar refractivity (Wildman–Crippen MR) is 131 cm³/mol. The van der Waals surface area contributed by atoms with Crippen LogP contribution < -0.4 is 11.1 Å². The number of aromatic nitrogens is 4. The molecule has 3 atom stereocenters. The minimum absolute atomic E-state index is 0.00236. The fraction of sp³-hybridized carbons (Fsp3) is 0.458. The van der Waals surface area contributed by atoms with Crippen LogP contribution in [0.5, 0.6) is 0 Å². The topological polar surface area (TPSA) is 119 Å². The smallest absolute Gasteiger partial charge is 0.341 e. The molecule has 0 radical (unpaired) electrons. The Morgan fingerprint density at radius 2 is 2.06 bits per heavy atom. The molecule has 4 aliphatic heterocycles. The molecule has 1 aromatic rings. The number of esters is 1. The van der Waals surface area contributed by atoms with Gasteiger partial charge < -0.3 is 18.8 Å². The van der Waals surface area contributed by atoms with E-state index in [-0.39, 0.29) is 40.1 Å². The van der Waals surface area contributed by atoms with Gasteiger partial charge in [0.15, 0.2) is 0 Å². The monoisotopic (exact) mass is 497 g/mol. The van der Waals surface area contributed by atoms with Crippen molar-refractivity contribution in [3.05, 3.63) is 62.6 Å². The molecule has 35 heavy (non-hydrogen) atoms. The molecule has 11 heteroatoms. The Morgan fingerprint density at radius 3 is 2.83 bits per heavy atom. The lowest BCUT2D eigenvalue weighted by molar-refractivity contribution is -0.137. The second-order valence-electron chi connectivity index (χ2n) is 9.16. The fourth-order valence-electron chi connectivity index (χ4n) is 5.41. The van der Waals surface area contributed by atoms with Crippen molar-refractivity contribution >= 4 is 23.6 Å². The van der Waals surface area contributed by atoms with Gasteiger partial charge in [-0.15, -0.1) is 0 Å². The summed E-state index contributed by atoms with van der Waals surface area (Å²) < 4.78 is 8.40. The van der Waals surface area contributed by atoms with E-state index in [1.54, 1.807) is 40.9 Å². The summed E-state index contributed by atoms with van der Waals surface area (Å²) in [4.78, 5) is 53.0. The normalized spacial score (nSPS) is 19.9. The first-order valence-corrected chi connectivity index (χ1v) is 13.0. The van der Waals surface area contributed by atoms with Gasteiger partial charge in [0.2, 0.25) is 5.91 Å². The van der Waals surface area contributed by atoms with Crippen LogP contribution in [0.2, 0.25) is 0 Å².